The Hall–Kier alpha value is -4.38. The third-order valence-corrected chi connectivity index (χ3v) is 4.85. The molecule has 0 bridgehead atoms. The third kappa shape index (κ3) is 3.40. The van der Waals surface area contributed by atoms with Gasteiger partial charge in [-0.15, -0.1) is 0 Å². The van der Waals surface area contributed by atoms with Crippen molar-refractivity contribution in [2.75, 3.05) is 10.6 Å². The van der Waals surface area contributed by atoms with Gasteiger partial charge in [0.1, 0.15) is 11.9 Å². The molecule has 0 unspecified atom stereocenters. The number of aromatic amines is 1. The van der Waals surface area contributed by atoms with E-state index in [9.17, 15) is 14.4 Å². The lowest BCUT2D eigenvalue weighted by molar-refractivity contribution is 0.209. The lowest BCUT2D eigenvalue weighted by Gasteiger charge is -2.16. The summed E-state index contributed by atoms with van der Waals surface area (Å²) in [6.07, 6.45) is 3.47. The second kappa shape index (κ2) is 7.56. The van der Waals surface area contributed by atoms with Crippen LogP contribution in [0.4, 0.5) is 26.2 Å². The molecule has 1 amide bonds. The Morgan fingerprint density at radius 3 is 2.73 bits per heavy atom. The molecule has 0 aliphatic heterocycles. The van der Waals surface area contributed by atoms with Crippen LogP contribution in [0, 0.1) is 24.1 Å². The van der Waals surface area contributed by atoms with Crippen molar-refractivity contribution in [1.29, 1.82) is 5.26 Å². The van der Waals surface area contributed by atoms with E-state index in [-0.39, 0.29) is 5.69 Å². The molecule has 4 rings (SSSR count). The highest BCUT2D eigenvalue weighted by Crippen LogP contribution is 2.36. The van der Waals surface area contributed by atoms with E-state index in [1.807, 2.05) is 36.6 Å². The van der Waals surface area contributed by atoms with Gasteiger partial charge in [-0.1, -0.05) is 6.07 Å². The molecule has 0 radical (unpaired) electrons. The molecule has 4 N–H and O–H groups in total. The van der Waals surface area contributed by atoms with Crippen molar-refractivity contribution < 1.29 is 14.3 Å². The van der Waals surface area contributed by atoms with Crippen molar-refractivity contribution in [2.45, 2.75) is 6.92 Å². The summed E-state index contributed by atoms with van der Waals surface area (Å²) in [4.78, 5) is 18.0. The Morgan fingerprint density at radius 2 is 2.00 bits per heavy atom. The molecule has 0 saturated heterocycles. The van der Waals surface area contributed by atoms with E-state index in [1.165, 1.54) is 24.5 Å². The summed E-state index contributed by atoms with van der Waals surface area (Å²) >= 11 is 0. The largest absolute Gasteiger partial charge is 0.465 e. The molecule has 2 aromatic heterocycles. The standard InChI is InChI=1S/C22H16FN5O2/c1-12-15-6-7-26-19(15)5-4-18(12)27-21-14(9-24)10-25-11-16(21)13-2-3-20(17(23)8-13)28-22(29)30/h2-8,10-11,26,28H,1H3,(H,25,27)(H,29,30). The van der Waals surface area contributed by atoms with E-state index in [4.69, 9.17) is 5.11 Å². The van der Waals surface area contributed by atoms with Gasteiger partial charge in [0.15, 0.2) is 0 Å². The molecular formula is C22H16FN5O2. The van der Waals surface area contributed by atoms with Gasteiger partial charge in [-0.05, 0) is 48.4 Å². The highest BCUT2D eigenvalue weighted by Gasteiger charge is 2.15. The number of hydrogen-bond donors (Lipinski definition) is 4. The number of rotatable bonds is 4. The first-order chi connectivity index (χ1) is 14.5. The van der Waals surface area contributed by atoms with Crippen LogP contribution < -0.4 is 10.6 Å². The van der Waals surface area contributed by atoms with Gasteiger partial charge in [0.05, 0.1) is 16.9 Å². The number of nitrogens with one attached hydrogen (secondary N) is 3. The smallest absolute Gasteiger partial charge is 0.409 e. The predicted molar refractivity (Wildman–Crippen MR) is 112 cm³/mol. The van der Waals surface area contributed by atoms with E-state index in [1.54, 1.807) is 6.07 Å². The molecule has 0 saturated carbocycles. The van der Waals surface area contributed by atoms with Gasteiger partial charge in [-0.3, -0.25) is 10.3 Å². The summed E-state index contributed by atoms with van der Waals surface area (Å²) < 4.78 is 14.4. The summed E-state index contributed by atoms with van der Waals surface area (Å²) in [6, 6.07) is 12.0. The van der Waals surface area contributed by atoms with Gasteiger partial charge in [0.2, 0.25) is 0 Å². The molecule has 0 fully saturated rings. The van der Waals surface area contributed by atoms with Crippen molar-refractivity contribution in [3.8, 4) is 17.2 Å². The Labute approximate surface area is 170 Å². The van der Waals surface area contributed by atoms with Crippen LogP contribution in [0.15, 0.2) is 55.0 Å². The van der Waals surface area contributed by atoms with Crippen LogP contribution in [0.1, 0.15) is 11.1 Å². The minimum atomic E-state index is -1.35. The number of nitrogens with zero attached hydrogens (tertiary/aromatic N) is 2. The Morgan fingerprint density at radius 1 is 1.20 bits per heavy atom. The number of benzene rings is 2. The molecule has 2 heterocycles. The maximum Gasteiger partial charge on any atom is 0.409 e. The average molecular weight is 401 g/mol. The van der Waals surface area contributed by atoms with Crippen LogP contribution in [-0.2, 0) is 0 Å². The number of carboxylic acid groups (broad SMARTS) is 1. The van der Waals surface area contributed by atoms with Crippen molar-refractivity contribution in [3.63, 3.8) is 0 Å². The summed E-state index contributed by atoms with van der Waals surface area (Å²) in [5.41, 5.74) is 4.40. The van der Waals surface area contributed by atoms with E-state index in [2.05, 4.69) is 21.4 Å². The molecule has 0 spiro atoms. The number of aryl methyl sites for hydroxylation is 1. The van der Waals surface area contributed by atoms with Gasteiger partial charge in [-0.25, -0.2) is 9.18 Å². The van der Waals surface area contributed by atoms with Crippen molar-refractivity contribution in [1.82, 2.24) is 9.97 Å². The minimum Gasteiger partial charge on any atom is -0.465 e. The van der Waals surface area contributed by atoms with Gasteiger partial charge in [0, 0.05) is 40.7 Å². The SMILES string of the molecule is Cc1c(Nc2c(C#N)cncc2-c2ccc(NC(=O)O)c(F)c2)ccc2[nH]ccc12. The topological polar surface area (TPSA) is 114 Å². The van der Waals surface area contributed by atoms with Crippen LogP contribution in [-0.4, -0.2) is 21.2 Å². The lowest BCUT2D eigenvalue weighted by Crippen LogP contribution is -2.08. The van der Waals surface area contributed by atoms with Crippen LogP contribution in [0.3, 0.4) is 0 Å². The summed E-state index contributed by atoms with van der Waals surface area (Å²) in [6.45, 7) is 1.97. The first kappa shape index (κ1) is 19.0. The number of amides is 1. The molecule has 0 aliphatic carbocycles. The Balaban J connectivity index is 1.81. The summed E-state index contributed by atoms with van der Waals surface area (Å²) in [7, 11) is 0. The summed E-state index contributed by atoms with van der Waals surface area (Å²) in [5.74, 6) is -0.729. The fraction of sp³-hybridized carbons (Fsp3) is 0.0455. The van der Waals surface area contributed by atoms with Crippen molar-refractivity contribution in [3.05, 3.63) is 71.9 Å². The lowest BCUT2D eigenvalue weighted by atomic mass is 10.0. The van der Waals surface area contributed by atoms with Crippen molar-refractivity contribution in [2.24, 2.45) is 0 Å². The van der Waals surface area contributed by atoms with Gasteiger partial charge >= 0.3 is 6.09 Å². The van der Waals surface area contributed by atoms with Crippen LogP contribution in [0.2, 0.25) is 0 Å². The quantitative estimate of drug-likeness (QED) is 0.366. The van der Waals surface area contributed by atoms with E-state index >= 15 is 0 Å². The zero-order valence-electron chi connectivity index (χ0n) is 15.8. The first-order valence-corrected chi connectivity index (χ1v) is 8.99. The molecule has 30 heavy (non-hydrogen) atoms. The van der Waals surface area contributed by atoms with Crippen molar-refractivity contribution >= 4 is 34.1 Å². The summed E-state index contributed by atoms with van der Waals surface area (Å²) in [5, 5.41) is 24.7. The molecule has 148 valence electrons. The molecule has 4 aromatic rings. The molecule has 7 nitrogen and oxygen atoms in total. The molecule has 0 atom stereocenters. The molecular weight excluding hydrogens is 385 g/mol. The van der Waals surface area contributed by atoms with Gasteiger partial charge < -0.3 is 15.4 Å². The minimum absolute atomic E-state index is 0.154. The fourth-order valence-electron chi connectivity index (χ4n) is 3.35. The van der Waals surface area contributed by atoms with Crippen LogP contribution in [0.5, 0.6) is 0 Å². The molecule has 0 aliphatic rings. The number of pyridine rings is 1. The number of aromatic nitrogens is 2. The molecule has 2 aromatic carbocycles. The van der Waals surface area contributed by atoms with Gasteiger partial charge in [-0.2, -0.15) is 5.26 Å². The van der Waals surface area contributed by atoms with Gasteiger partial charge in [0.25, 0.3) is 0 Å². The normalized spacial score (nSPS) is 10.6. The average Bonchev–Trinajstić information content (AvgIpc) is 3.21. The van der Waals surface area contributed by atoms with E-state index in [0.29, 0.717) is 22.4 Å². The zero-order chi connectivity index (χ0) is 21.3. The number of hydrogen-bond acceptors (Lipinski definition) is 4. The maximum atomic E-state index is 14.4. The number of anilines is 3. The molecule has 8 heteroatoms. The number of halogens is 1. The first-order valence-electron chi connectivity index (χ1n) is 8.99. The Bertz CT molecular complexity index is 1320. The monoisotopic (exact) mass is 401 g/mol. The highest BCUT2D eigenvalue weighted by molar-refractivity contribution is 5.92. The fourth-order valence-corrected chi connectivity index (χ4v) is 3.35. The number of carbonyl (C=O) groups is 1. The third-order valence-electron chi connectivity index (χ3n) is 4.85. The van der Waals surface area contributed by atoms with Crippen LogP contribution in [0.25, 0.3) is 22.0 Å². The van der Waals surface area contributed by atoms with E-state index < -0.39 is 11.9 Å². The highest BCUT2D eigenvalue weighted by atomic mass is 19.1. The van der Waals surface area contributed by atoms with Crippen LogP contribution >= 0.6 is 0 Å². The second-order valence-electron chi connectivity index (χ2n) is 6.65. The number of fused-ring (bicyclic) bond motifs is 1. The Kier molecular flexibility index (Phi) is 4.78. The number of nitriles is 1. The maximum absolute atomic E-state index is 14.4. The number of H-pyrrole nitrogens is 1. The second-order valence-corrected chi connectivity index (χ2v) is 6.65. The zero-order valence-corrected chi connectivity index (χ0v) is 15.8. The predicted octanol–water partition coefficient (Wildman–Crippen LogP) is 5.38. The van der Waals surface area contributed by atoms with E-state index in [0.717, 1.165) is 22.2 Å².